The Bertz CT molecular complexity index is 812. The standard InChI is InChI=1S/C19H22F3N3O2/c1-13-3-5-14(6-4-13)12-25(15-7-8-15)16(26)11-18(27,19(20,21)22)17-23-9-10-24(17)2/h3-6,9-10,15,27H,7-8,11-12H2,1-2H3. The molecule has 27 heavy (non-hydrogen) atoms. The number of carbonyl (C=O) groups excluding carboxylic acids is 1. The van der Waals surface area contributed by atoms with Gasteiger partial charge < -0.3 is 14.6 Å². The van der Waals surface area contributed by atoms with Gasteiger partial charge in [0.2, 0.25) is 11.5 Å². The van der Waals surface area contributed by atoms with E-state index in [0.29, 0.717) is 0 Å². The molecule has 2 aromatic rings. The summed E-state index contributed by atoms with van der Waals surface area (Å²) in [6, 6.07) is 7.41. The maximum Gasteiger partial charge on any atom is 0.425 e. The highest BCUT2D eigenvalue weighted by atomic mass is 19.4. The van der Waals surface area contributed by atoms with Crippen molar-refractivity contribution < 1.29 is 23.1 Å². The lowest BCUT2D eigenvalue weighted by Gasteiger charge is -2.32. The minimum Gasteiger partial charge on any atom is -0.374 e. The largest absolute Gasteiger partial charge is 0.425 e. The van der Waals surface area contributed by atoms with E-state index in [1.165, 1.54) is 24.3 Å². The molecule has 0 spiro atoms. The van der Waals surface area contributed by atoms with Crippen LogP contribution in [0.5, 0.6) is 0 Å². The predicted octanol–water partition coefficient (Wildman–Crippen LogP) is 3.06. The topological polar surface area (TPSA) is 58.4 Å². The Hall–Kier alpha value is -2.35. The van der Waals surface area contributed by atoms with E-state index in [1.54, 1.807) is 0 Å². The number of alkyl halides is 3. The molecule has 0 radical (unpaired) electrons. The molecule has 1 N–H and O–H groups in total. The van der Waals surface area contributed by atoms with Crippen molar-refractivity contribution >= 4 is 5.91 Å². The Balaban J connectivity index is 1.85. The molecule has 5 nitrogen and oxygen atoms in total. The second-order valence-corrected chi connectivity index (χ2v) is 7.13. The van der Waals surface area contributed by atoms with E-state index < -0.39 is 29.9 Å². The molecule has 1 aliphatic rings. The molecule has 8 heteroatoms. The summed E-state index contributed by atoms with van der Waals surface area (Å²) in [7, 11) is 1.36. The maximum atomic E-state index is 13.7. The molecule has 1 saturated carbocycles. The Morgan fingerprint density at radius 2 is 1.93 bits per heavy atom. The van der Waals surface area contributed by atoms with Crippen LogP contribution in [0.4, 0.5) is 13.2 Å². The number of nitrogens with zero attached hydrogens (tertiary/aromatic N) is 3. The van der Waals surface area contributed by atoms with Crippen LogP contribution in [0.3, 0.4) is 0 Å². The Morgan fingerprint density at radius 3 is 2.41 bits per heavy atom. The molecule has 1 unspecified atom stereocenters. The second kappa shape index (κ2) is 6.99. The lowest BCUT2D eigenvalue weighted by molar-refractivity contribution is -0.272. The number of aromatic nitrogens is 2. The van der Waals surface area contributed by atoms with Crippen molar-refractivity contribution in [3.8, 4) is 0 Å². The third-order valence-electron chi connectivity index (χ3n) is 4.85. The molecule has 1 aromatic heterocycles. The number of carbonyl (C=O) groups is 1. The lowest BCUT2D eigenvalue weighted by atomic mass is 9.96. The van der Waals surface area contributed by atoms with Crippen molar-refractivity contribution in [1.29, 1.82) is 0 Å². The number of aryl methyl sites for hydroxylation is 2. The van der Waals surface area contributed by atoms with Gasteiger partial charge in [-0.2, -0.15) is 13.2 Å². The van der Waals surface area contributed by atoms with Crippen LogP contribution in [0, 0.1) is 6.92 Å². The number of benzene rings is 1. The smallest absolute Gasteiger partial charge is 0.374 e. The van der Waals surface area contributed by atoms with Gasteiger partial charge in [-0.1, -0.05) is 29.8 Å². The summed E-state index contributed by atoms with van der Waals surface area (Å²) in [4.78, 5) is 17.9. The SMILES string of the molecule is Cc1ccc(CN(C(=O)CC(O)(c2nccn2C)C(F)(F)F)C2CC2)cc1. The van der Waals surface area contributed by atoms with E-state index in [-0.39, 0.29) is 12.6 Å². The molecule has 0 aliphatic heterocycles. The van der Waals surface area contributed by atoms with Gasteiger partial charge in [-0.25, -0.2) is 4.98 Å². The summed E-state index contributed by atoms with van der Waals surface area (Å²) in [6.07, 6.45) is -2.14. The zero-order chi connectivity index (χ0) is 19.8. The molecular weight excluding hydrogens is 359 g/mol. The molecule has 3 rings (SSSR count). The fraction of sp³-hybridized carbons (Fsp3) is 0.474. The average Bonchev–Trinajstić information content (AvgIpc) is 3.33. The van der Waals surface area contributed by atoms with Gasteiger partial charge in [-0.3, -0.25) is 4.79 Å². The number of amides is 1. The fourth-order valence-electron chi connectivity index (χ4n) is 3.09. The second-order valence-electron chi connectivity index (χ2n) is 7.13. The van der Waals surface area contributed by atoms with Crippen LogP contribution in [0.15, 0.2) is 36.7 Å². The Morgan fingerprint density at radius 1 is 1.30 bits per heavy atom. The van der Waals surface area contributed by atoms with E-state index in [2.05, 4.69) is 4.98 Å². The van der Waals surface area contributed by atoms with Crippen molar-refractivity contribution in [3.63, 3.8) is 0 Å². The first-order valence-electron chi connectivity index (χ1n) is 8.74. The van der Waals surface area contributed by atoms with Crippen LogP contribution < -0.4 is 0 Å². The van der Waals surface area contributed by atoms with Crippen molar-refractivity contribution in [3.05, 3.63) is 53.6 Å². The van der Waals surface area contributed by atoms with Gasteiger partial charge in [0, 0.05) is 32.0 Å². The molecule has 1 aromatic carbocycles. The zero-order valence-electron chi connectivity index (χ0n) is 15.2. The van der Waals surface area contributed by atoms with Crippen molar-refractivity contribution in [1.82, 2.24) is 14.5 Å². The predicted molar refractivity (Wildman–Crippen MR) is 92.5 cm³/mol. The van der Waals surface area contributed by atoms with Gasteiger partial charge >= 0.3 is 6.18 Å². The van der Waals surface area contributed by atoms with E-state index in [4.69, 9.17) is 0 Å². The third kappa shape index (κ3) is 4.00. The summed E-state index contributed by atoms with van der Waals surface area (Å²) in [5, 5.41) is 10.5. The molecular formula is C19H22F3N3O2. The van der Waals surface area contributed by atoms with Crippen molar-refractivity contribution in [2.75, 3.05) is 0 Å². The highest BCUT2D eigenvalue weighted by Gasteiger charge is 2.59. The molecule has 1 fully saturated rings. The highest BCUT2D eigenvalue weighted by Crippen LogP contribution is 2.42. The van der Waals surface area contributed by atoms with Crippen LogP contribution in [0.2, 0.25) is 0 Å². The summed E-state index contributed by atoms with van der Waals surface area (Å²) in [6.45, 7) is 2.15. The molecule has 0 saturated heterocycles. The molecule has 1 heterocycles. The fourth-order valence-corrected chi connectivity index (χ4v) is 3.09. The van der Waals surface area contributed by atoms with E-state index in [9.17, 15) is 23.1 Å². The van der Waals surface area contributed by atoms with Crippen molar-refractivity contribution in [2.45, 2.75) is 50.6 Å². The summed E-state index contributed by atoms with van der Waals surface area (Å²) < 4.78 is 42.1. The van der Waals surface area contributed by atoms with Gasteiger partial charge in [0.25, 0.3) is 0 Å². The minimum absolute atomic E-state index is 0.0855. The van der Waals surface area contributed by atoms with Crippen LogP contribution in [-0.2, 0) is 24.0 Å². The van der Waals surface area contributed by atoms with E-state index in [1.807, 2.05) is 31.2 Å². The molecule has 146 valence electrons. The monoisotopic (exact) mass is 381 g/mol. The Labute approximate surface area is 155 Å². The number of hydrogen-bond donors (Lipinski definition) is 1. The highest BCUT2D eigenvalue weighted by molar-refractivity contribution is 5.78. The Kier molecular flexibility index (Phi) is 5.03. The van der Waals surface area contributed by atoms with Gasteiger partial charge in [-0.05, 0) is 25.3 Å². The number of aliphatic hydroxyl groups is 1. The van der Waals surface area contributed by atoms with Crippen LogP contribution >= 0.6 is 0 Å². The van der Waals surface area contributed by atoms with Crippen LogP contribution in [0.1, 0.15) is 36.2 Å². The number of hydrogen-bond acceptors (Lipinski definition) is 3. The van der Waals surface area contributed by atoms with Gasteiger partial charge in [0.05, 0.1) is 6.42 Å². The normalized spacial score (nSPS) is 16.8. The van der Waals surface area contributed by atoms with Gasteiger partial charge in [0.1, 0.15) is 0 Å². The lowest BCUT2D eigenvalue weighted by Crippen LogP contribution is -2.48. The number of rotatable bonds is 6. The third-order valence-corrected chi connectivity index (χ3v) is 4.85. The number of imidazole rings is 1. The first-order chi connectivity index (χ1) is 12.6. The number of halogens is 3. The summed E-state index contributed by atoms with van der Waals surface area (Å²) in [5.41, 5.74) is -1.43. The maximum absolute atomic E-state index is 13.7. The average molecular weight is 381 g/mol. The first-order valence-corrected chi connectivity index (χ1v) is 8.74. The van der Waals surface area contributed by atoms with Crippen LogP contribution in [-0.4, -0.2) is 37.7 Å². The molecule has 0 bridgehead atoms. The minimum atomic E-state index is -5.03. The van der Waals surface area contributed by atoms with Crippen molar-refractivity contribution in [2.24, 2.45) is 7.05 Å². The molecule has 1 aliphatic carbocycles. The van der Waals surface area contributed by atoms with Gasteiger partial charge in [0.15, 0.2) is 5.82 Å². The molecule has 1 amide bonds. The first kappa shape index (κ1) is 19.4. The summed E-state index contributed by atoms with van der Waals surface area (Å²) >= 11 is 0. The van der Waals surface area contributed by atoms with Gasteiger partial charge in [-0.15, -0.1) is 0 Å². The zero-order valence-corrected chi connectivity index (χ0v) is 15.2. The van der Waals surface area contributed by atoms with Crippen LogP contribution in [0.25, 0.3) is 0 Å². The summed E-state index contributed by atoms with van der Waals surface area (Å²) in [5.74, 6) is -1.32. The van der Waals surface area contributed by atoms with E-state index in [0.717, 1.165) is 28.5 Å². The molecule has 1 atom stereocenters. The quantitative estimate of drug-likeness (QED) is 0.837. The van der Waals surface area contributed by atoms with E-state index >= 15 is 0 Å².